The molecule has 0 heterocycles. The third-order valence-electron chi connectivity index (χ3n) is 1.63. The zero-order chi connectivity index (χ0) is 14.6. The third kappa shape index (κ3) is 9.81. The average Bonchev–Trinajstić information content (AvgIpc) is 2.32. The Morgan fingerprint density at radius 1 is 1.44 bits per heavy atom. The summed E-state index contributed by atoms with van der Waals surface area (Å²) in [5.41, 5.74) is 6.32. The predicted octanol–water partition coefficient (Wildman–Crippen LogP) is 2.18. The van der Waals surface area contributed by atoms with Crippen molar-refractivity contribution in [2.45, 2.75) is 20.8 Å². The predicted molar refractivity (Wildman–Crippen MR) is 76.0 cm³/mol. The molecule has 3 N–H and O–H groups in total. The SMILES string of the molecule is CC.CNCC(N)=O.Cc1ccc(C=O)c(Cl)c1. The molecule has 1 aromatic carbocycles. The van der Waals surface area contributed by atoms with Gasteiger partial charge in [-0.15, -0.1) is 0 Å². The standard InChI is InChI=1S/C8H7ClO.C3H8N2O.C2H6/c1-6-2-3-7(5-10)8(9)4-6;1-5-2-3(4)6;1-2/h2-5H,1H3;5H,2H2,1H3,(H2,4,6);1-2H3. The number of rotatable bonds is 3. The lowest BCUT2D eigenvalue weighted by atomic mass is 10.2. The number of nitrogens with two attached hydrogens (primary N) is 1. The number of carbonyl (C=O) groups excluding carboxylic acids is 2. The van der Waals surface area contributed by atoms with Crippen LogP contribution in [0, 0.1) is 6.92 Å². The van der Waals surface area contributed by atoms with Crippen molar-refractivity contribution in [3.63, 3.8) is 0 Å². The number of amides is 1. The minimum Gasteiger partial charge on any atom is -0.369 e. The summed E-state index contributed by atoms with van der Waals surface area (Å²) < 4.78 is 0. The first-order valence-corrected chi connectivity index (χ1v) is 6.03. The van der Waals surface area contributed by atoms with Crippen LogP contribution in [0.2, 0.25) is 5.02 Å². The second-order valence-electron chi connectivity index (χ2n) is 3.14. The highest BCUT2D eigenvalue weighted by Gasteiger charge is 1.96. The molecule has 1 rings (SSSR count). The van der Waals surface area contributed by atoms with Gasteiger partial charge in [-0.2, -0.15) is 0 Å². The molecule has 0 aliphatic rings. The molecule has 0 bridgehead atoms. The van der Waals surface area contributed by atoms with Crippen molar-refractivity contribution in [3.05, 3.63) is 34.3 Å². The highest BCUT2D eigenvalue weighted by molar-refractivity contribution is 6.33. The van der Waals surface area contributed by atoms with Gasteiger partial charge in [0.15, 0.2) is 6.29 Å². The molecule has 1 aromatic rings. The molecule has 0 unspecified atom stereocenters. The van der Waals surface area contributed by atoms with Gasteiger partial charge in [0.2, 0.25) is 5.91 Å². The van der Waals surface area contributed by atoms with Gasteiger partial charge < -0.3 is 11.1 Å². The van der Waals surface area contributed by atoms with Gasteiger partial charge in [-0.3, -0.25) is 9.59 Å². The summed E-state index contributed by atoms with van der Waals surface area (Å²) >= 11 is 5.70. The van der Waals surface area contributed by atoms with Crippen LogP contribution in [-0.4, -0.2) is 25.8 Å². The second-order valence-corrected chi connectivity index (χ2v) is 3.55. The topological polar surface area (TPSA) is 72.2 Å². The first kappa shape index (κ1) is 19.0. The van der Waals surface area contributed by atoms with Crippen molar-refractivity contribution in [3.8, 4) is 0 Å². The van der Waals surface area contributed by atoms with Crippen LogP contribution in [0.15, 0.2) is 18.2 Å². The van der Waals surface area contributed by atoms with Gasteiger partial charge in [-0.25, -0.2) is 0 Å². The van der Waals surface area contributed by atoms with E-state index in [1.165, 1.54) is 0 Å². The summed E-state index contributed by atoms with van der Waals surface area (Å²) in [5.74, 6) is -0.322. The molecule has 102 valence electrons. The number of benzene rings is 1. The van der Waals surface area contributed by atoms with E-state index in [9.17, 15) is 9.59 Å². The highest BCUT2D eigenvalue weighted by atomic mass is 35.5. The second kappa shape index (κ2) is 12.1. The molecular formula is C13H21ClN2O2. The summed E-state index contributed by atoms with van der Waals surface area (Å²) in [7, 11) is 1.67. The van der Waals surface area contributed by atoms with Crippen molar-refractivity contribution in [1.82, 2.24) is 5.32 Å². The number of hydrogen-bond acceptors (Lipinski definition) is 3. The largest absolute Gasteiger partial charge is 0.369 e. The number of likely N-dealkylation sites (N-methyl/N-ethyl adjacent to an activating group) is 1. The molecule has 0 atom stereocenters. The Labute approximate surface area is 114 Å². The fourth-order valence-electron chi connectivity index (χ4n) is 0.902. The van der Waals surface area contributed by atoms with Gasteiger partial charge in [0, 0.05) is 5.56 Å². The van der Waals surface area contributed by atoms with Crippen molar-refractivity contribution in [2.75, 3.05) is 13.6 Å². The Bertz CT molecular complexity index is 368. The van der Waals surface area contributed by atoms with E-state index in [0.29, 0.717) is 10.6 Å². The number of nitrogens with one attached hydrogen (secondary N) is 1. The molecule has 0 spiro atoms. The molecule has 0 fully saturated rings. The van der Waals surface area contributed by atoms with Gasteiger partial charge in [0.05, 0.1) is 11.6 Å². The maximum absolute atomic E-state index is 10.3. The first-order chi connectivity index (χ1) is 8.51. The number of aryl methyl sites for hydroxylation is 1. The van der Waals surface area contributed by atoms with E-state index in [2.05, 4.69) is 5.32 Å². The Balaban J connectivity index is 0. The lowest BCUT2D eigenvalue weighted by Gasteiger charge is -1.95. The molecule has 0 aliphatic heterocycles. The van der Waals surface area contributed by atoms with E-state index < -0.39 is 0 Å². The van der Waals surface area contributed by atoms with Crippen LogP contribution >= 0.6 is 11.6 Å². The van der Waals surface area contributed by atoms with Gasteiger partial charge >= 0.3 is 0 Å². The van der Waals surface area contributed by atoms with Crippen molar-refractivity contribution in [2.24, 2.45) is 5.73 Å². The smallest absolute Gasteiger partial charge is 0.231 e. The summed E-state index contributed by atoms with van der Waals surface area (Å²) in [6.45, 7) is 6.19. The van der Waals surface area contributed by atoms with Gasteiger partial charge in [-0.05, 0) is 31.7 Å². The zero-order valence-corrected chi connectivity index (χ0v) is 12.0. The van der Waals surface area contributed by atoms with Gasteiger partial charge in [-0.1, -0.05) is 31.5 Å². The summed E-state index contributed by atoms with van der Waals surface area (Å²) in [6, 6.07) is 5.34. The van der Waals surface area contributed by atoms with Crippen LogP contribution < -0.4 is 11.1 Å². The maximum Gasteiger partial charge on any atom is 0.231 e. The minimum absolute atomic E-state index is 0.264. The lowest BCUT2D eigenvalue weighted by Crippen LogP contribution is -2.25. The van der Waals surface area contributed by atoms with Crippen LogP contribution in [0.3, 0.4) is 0 Å². The highest BCUT2D eigenvalue weighted by Crippen LogP contribution is 2.14. The van der Waals surface area contributed by atoms with Crippen molar-refractivity contribution in [1.29, 1.82) is 0 Å². The van der Waals surface area contributed by atoms with Crippen LogP contribution in [0.1, 0.15) is 29.8 Å². The number of hydrogen-bond donors (Lipinski definition) is 2. The third-order valence-corrected chi connectivity index (χ3v) is 1.96. The quantitative estimate of drug-likeness (QED) is 0.829. The molecule has 0 aromatic heterocycles. The van der Waals surface area contributed by atoms with Gasteiger partial charge in [0.1, 0.15) is 0 Å². The summed E-state index contributed by atoms with van der Waals surface area (Å²) in [5, 5.41) is 3.12. The summed E-state index contributed by atoms with van der Waals surface area (Å²) in [4.78, 5) is 20.0. The first-order valence-electron chi connectivity index (χ1n) is 5.65. The zero-order valence-electron chi connectivity index (χ0n) is 11.3. The molecular weight excluding hydrogens is 252 g/mol. The molecule has 1 amide bonds. The van der Waals surface area contributed by atoms with E-state index in [-0.39, 0.29) is 12.5 Å². The Hall–Kier alpha value is -1.39. The van der Waals surface area contributed by atoms with E-state index >= 15 is 0 Å². The Kier molecular flexibility index (Phi) is 12.7. The Morgan fingerprint density at radius 3 is 2.28 bits per heavy atom. The molecule has 5 heteroatoms. The minimum atomic E-state index is -0.322. The van der Waals surface area contributed by atoms with Crippen LogP contribution in [0.25, 0.3) is 0 Å². The monoisotopic (exact) mass is 272 g/mol. The molecule has 0 saturated heterocycles. The fourth-order valence-corrected chi connectivity index (χ4v) is 1.18. The van der Waals surface area contributed by atoms with Gasteiger partial charge in [0.25, 0.3) is 0 Å². The van der Waals surface area contributed by atoms with Crippen LogP contribution in [0.4, 0.5) is 0 Å². The molecule has 4 nitrogen and oxygen atoms in total. The number of carbonyl (C=O) groups is 2. The lowest BCUT2D eigenvalue weighted by molar-refractivity contribution is -0.117. The van der Waals surface area contributed by atoms with Crippen LogP contribution in [-0.2, 0) is 4.79 Å². The summed E-state index contributed by atoms with van der Waals surface area (Å²) in [6.07, 6.45) is 0.752. The number of aldehydes is 1. The van der Waals surface area contributed by atoms with Crippen molar-refractivity contribution >= 4 is 23.8 Å². The maximum atomic E-state index is 10.3. The Morgan fingerprint density at radius 2 is 2.00 bits per heavy atom. The average molecular weight is 273 g/mol. The van der Waals surface area contributed by atoms with E-state index in [1.807, 2.05) is 26.8 Å². The molecule has 0 radical (unpaired) electrons. The van der Waals surface area contributed by atoms with Crippen LogP contribution in [0.5, 0.6) is 0 Å². The van der Waals surface area contributed by atoms with E-state index in [4.69, 9.17) is 17.3 Å². The number of halogens is 1. The molecule has 0 aliphatic carbocycles. The molecule has 18 heavy (non-hydrogen) atoms. The fraction of sp³-hybridized carbons (Fsp3) is 0.385. The number of primary amides is 1. The van der Waals surface area contributed by atoms with E-state index in [0.717, 1.165) is 11.8 Å². The van der Waals surface area contributed by atoms with Crippen molar-refractivity contribution < 1.29 is 9.59 Å². The van der Waals surface area contributed by atoms with E-state index in [1.54, 1.807) is 19.2 Å². The molecule has 0 saturated carbocycles. The normalized spacial score (nSPS) is 8.28.